The van der Waals surface area contributed by atoms with Gasteiger partial charge < -0.3 is 10.5 Å². The molecule has 3 heteroatoms. The van der Waals surface area contributed by atoms with Crippen molar-refractivity contribution in [2.75, 3.05) is 6.61 Å². The molecule has 0 amide bonds. The number of halogens is 1. The third-order valence-electron chi connectivity index (χ3n) is 4.61. The second kappa shape index (κ2) is 4.43. The topological polar surface area (TPSA) is 35.2 Å². The van der Waals surface area contributed by atoms with E-state index in [1.165, 1.54) is 31.2 Å². The Morgan fingerprint density at radius 2 is 2.06 bits per heavy atom. The van der Waals surface area contributed by atoms with Crippen molar-refractivity contribution in [1.82, 2.24) is 0 Å². The lowest BCUT2D eigenvalue weighted by Gasteiger charge is -2.32. The van der Waals surface area contributed by atoms with Crippen molar-refractivity contribution in [3.63, 3.8) is 0 Å². The first-order valence-electron chi connectivity index (χ1n) is 6.81. The summed E-state index contributed by atoms with van der Waals surface area (Å²) in [5, 5.41) is 0.784. The normalized spacial score (nSPS) is 22.6. The monoisotopic (exact) mass is 265 g/mol. The average molecular weight is 266 g/mol. The first-order valence-corrected chi connectivity index (χ1v) is 7.19. The Balaban J connectivity index is 2.01. The molecule has 98 valence electrons. The van der Waals surface area contributed by atoms with E-state index in [2.05, 4.69) is 6.92 Å². The summed E-state index contributed by atoms with van der Waals surface area (Å²) in [5.74, 6) is 1.00. The highest BCUT2D eigenvalue weighted by molar-refractivity contribution is 6.30. The number of benzene rings is 1. The van der Waals surface area contributed by atoms with Crippen molar-refractivity contribution in [1.29, 1.82) is 0 Å². The summed E-state index contributed by atoms with van der Waals surface area (Å²) >= 11 is 6.21. The molecule has 0 spiro atoms. The molecule has 0 bridgehead atoms. The fraction of sp³-hybridized carbons (Fsp3) is 0.600. The van der Waals surface area contributed by atoms with Crippen LogP contribution in [0, 0.1) is 5.41 Å². The molecule has 0 aromatic heterocycles. The lowest BCUT2D eigenvalue weighted by Crippen LogP contribution is -2.29. The van der Waals surface area contributed by atoms with Gasteiger partial charge in [0.25, 0.3) is 0 Å². The second-order valence-corrected chi connectivity index (χ2v) is 6.36. The molecule has 1 heterocycles. The van der Waals surface area contributed by atoms with Crippen molar-refractivity contribution < 1.29 is 4.74 Å². The van der Waals surface area contributed by atoms with Crippen LogP contribution in [-0.2, 0) is 6.42 Å². The van der Waals surface area contributed by atoms with Gasteiger partial charge in [-0.2, -0.15) is 0 Å². The summed E-state index contributed by atoms with van der Waals surface area (Å²) in [6.07, 6.45) is 5.93. The molecule has 0 radical (unpaired) electrons. The highest BCUT2D eigenvalue weighted by Gasteiger charge is 2.38. The summed E-state index contributed by atoms with van der Waals surface area (Å²) in [6.45, 7) is 3.05. The van der Waals surface area contributed by atoms with Crippen LogP contribution in [0.25, 0.3) is 0 Å². The van der Waals surface area contributed by atoms with Crippen molar-refractivity contribution in [3.05, 3.63) is 28.3 Å². The second-order valence-electron chi connectivity index (χ2n) is 5.92. The van der Waals surface area contributed by atoms with Crippen LogP contribution in [0.15, 0.2) is 12.1 Å². The van der Waals surface area contributed by atoms with Crippen LogP contribution in [0.1, 0.15) is 49.8 Å². The maximum atomic E-state index is 6.54. The first kappa shape index (κ1) is 12.3. The molecular formula is C15H20ClNO. The largest absolute Gasteiger partial charge is 0.493 e. The molecule has 2 nitrogen and oxygen atoms in total. The molecule has 18 heavy (non-hydrogen) atoms. The molecule has 1 fully saturated rings. The molecule has 0 saturated heterocycles. The maximum absolute atomic E-state index is 6.54. The minimum Gasteiger partial charge on any atom is -0.493 e. The zero-order valence-corrected chi connectivity index (χ0v) is 11.6. The van der Waals surface area contributed by atoms with Gasteiger partial charge in [-0.1, -0.05) is 31.4 Å². The van der Waals surface area contributed by atoms with Crippen molar-refractivity contribution in [2.24, 2.45) is 11.1 Å². The summed E-state index contributed by atoms with van der Waals surface area (Å²) in [7, 11) is 0. The third-order valence-corrected chi connectivity index (χ3v) is 4.83. The standard InChI is InChI=1S/C15H20ClNO/c1-15(5-2-3-6-15)14(17)12-9-11(16)8-10-4-7-18-13(10)12/h8-9,14H,2-7,17H2,1H3. The van der Waals surface area contributed by atoms with Gasteiger partial charge in [0.2, 0.25) is 0 Å². The number of nitrogens with two attached hydrogens (primary N) is 1. The van der Waals surface area contributed by atoms with E-state index < -0.39 is 0 Å². The molecular weight excluding hydrogens is 246 g/mol. The molecule has 2 aliphatic rings. The van der Waals surface area contributed by atoms with Gasteiger partial charge in [0.1, 0.15) is 5.75 Å². The first-order chi connectivity index (χ1) is 8.60. The number of ether oxygens (including phenoxy) is 1. The maximum Gasteiger partial charge on any atom is 0.127 e. The van der Waals surface area contributed by atoms with E-state index in [4.69, 9.17) is 22.1 Å². The SMILES string of the molecule is CC1(C(N)c2cc(Cl)cc3c2OCC3)CCCC1. The number of rotatable bonds is 2. The van der Waals surface area contributed by atoms with Gasteiger partial charge in [-0.15, -0.1) is 0 Å². The Labute approximate surface area is 113 Å². The molecule has 2 N–H and O–H groups in total. The quantitative estimate of drug-likeness (QED) is 0.881. The molecule has 1 aromatic rings. The van der Waals surface area contributed by atoms with Gasteiger partial charge in [0.15, 0.2) is 0 Å². The van der Waals surface area contributed by atoms with Gasteiger partial charge in [-0.25, -0.2) is 0 Å². The van der Waals surface area contributed by atoms with Crippen LogP contribution in [0.3, 0.4) is 0 Å². The van der Waals surface area contributed by atoms with Crippen molar-refractivity contribution >= 4 is 11.6 Å². The van der Waals surface area contributed by atoms with Crippen LogP contribution in [0.2, 0.25) is 5.02 Å². The molecule has 1 atom stereocenters. The molecule has 3 rings (SSSR count). The highest BCUT2D eigenvalue weighted by Crippen LogP contribution is 2.49. The number of fused-ring (bicyclic) bond motifs is 1. The van der Waals surface area contributed by atoms with Crippen LogP contribution in [-0.4, -0.2) is 6.61 Å². The van der Waals surface area contributed by atoms with E-state index in [0.717, 1.165) is 29.4 Å². The van der Waals surface area contributed by atoms with E-state index in [-0.39, 0.29) is 11.5 Å². The predicted octanol–water partition coefficient (Wildman–Crippen LogP) is 3.86. The highest BCUT2D eigenvalue weighted by atomic mass is 35.5. The van der Waals surface area contributed by atoms with Crippen LogP contribution < -0.4 is 10.5 Å². The lowest BCUT2D eigenvalue weighted by molar-refractivity contribution is 0.257. The van der Waals surface area contributed by atoms with Crippen LogP contribution in [0.5, 0.6) is 5.75 Å². The summed E-state index contributed by atoms with van der Waals surface area (Å²) < 4.78 is 5.77. The number of hydrogen-bond acceptors (Lipinski definition) is 2. The smallest absolute Gasteiger partial charge is 0.127 e. The fourth-order valence-corrected chi connectivity index (χ4v) is 3.65. The van der Waals surface area contributed by atoms with Gasteiger partial charge in [-0.05, 0) is 36.0 Å². The van der Waals surface area contributed by atoms with E-state index in [1.807, 2.05) is 12.1 Å². The molecule has 1 aliphatic carbocycles. The average Bonchev–Trinajstić information content (AvgIpc) is 2.96. The summed E-state index contributed by atoms with van der Waals surface area (Å²) in [6, 6.07) is 4.04. The van der Waals surface area contributed by atoms with Gasteiger partial charge in [0, 0.05) is 23.0 Å². The minimum absolute atomic E-state index is 0.0329. The Hall–Kier alpha value is -0.730. The minimum atomic E-state index is 0.0329. The molecule has 1 aliphatic heterocycles. The third kappa shape index (κ3) is 1.92. The van der Waals surface area contributed by atoms with E-state index in [0.29, 0.717) is 0 Å². The number of hydrogen-bond donors (Lipinski definition) is 1. The Kier molecular flexibility index (Phi) is 3.03. The van der Waals surface area contributed by atoms with Crippen molar-refractivity contribution in [3.8, 4) is 5.75 Å². The van der Waals surface area contributed by atoms with Crippen LogP contribution in [0.4, 0.5) is 0 Å². The Bertz CT molecular complexity index is 466. The van der Waals surface area contributed by atoms with Crippen LogP contribution >= 0.6 is 11.6 Å². The van der Waals surface area contributed by atoms with E-state index in [1.54, 1.807) is 0 Å². The fourth-order valence-electron chi connectivity index (χ4n) is 3.40. The Morgan fingerprint density at radius 1 is 1.33 bits per heavy atom. The molecule has 1 saturated carbocycles. The lowest BCUT2D eigenvalue weighted by atomic mass is 9.77. The predicted molar refractivity (Wildman–Crippen MR) is 74.2 cm³/mol. The molecule has 1 unspecified atom stereocenters. The zero-order chi connectivity index (χ0) is 12.8. The van der Waals surface area contributed by atoms with Gasteiger partial charge in [-0.3, -0.25) is 0 Å². The zero-order valence-electron chi connectivity index (χ0n) is 10.8. The van der Waals surface area contributed by atoms with Crippen molar-refractivity contribution in [2.45, 2.75) is 45.1 Å². The van der Waals surface area contributed by atoms with Gasteiger partial charge in [0.05, 0.1) is 6.61 Å². The van der Waals surface area contributed by atoms with E-state index in [9.17, 15) is 0 Å². The van der Waals surface area contributed by atoms with Gasteiger partial charge >= 0.3 is 0 Å². The Morgan fingerprint density at radius 3 is 2.78 bits per heavy atom. The van der Waals surface area contributed by atoms with E-state index >= 15 is 0 Å². The molecule has 1 aromatic carbocycles. The summed E-state index contributed by atoms with van der Waals surface area (Å²) in [4.78, 5) is 0. The summed E-state index contributed by atoms with van der Waals surface area (Å²) in [5.41, 5.74) is 9.06.